The Morgan fingerprint density at radius 1 is 1.36 bits per heavy atom. The van der Waals surface area contributed by atoms with Gasteiger partial charge < -0.3 is 14.1 Å². The van der Waals surface area contributed by atoms with Gasteiger partial charge in [0, 0.05) is 18.5 Å². The number of benzene rings is 1. The van der Waals surface area contributed by atoms with Gasteiger partial charge in [0.05, 0.1) is 19.6 Å². The monoisotopic (exact) mass is 351 g/mol. The van der Waals surface area contributed by atoms with Crippen molar-refractivity contribution in [1.82, 2.24) is 15.1 Å². The molecule has 0 bridgehead atoms. The van der Waals surface area contributed by atoms with Crippen LogP contribution in [0.25, 0.3) is 0 Å². The number of nitrogens with zero attached hydrogens (tertiary/aromatic N) is 3. The fraction of sp³-hybridized carbons (Fsp3) is 0.471. The van der Waals surface area contributed by atoms with Gasteiger partial charge >= 0.3 is 0 Å². The molecule has 1 amide bonds. The molecule has 8 heteroatoms. The average molecular weight is 351 g/mol. The molecule has 2 aromatic rings. The van der Waals surface area contributed by atoms with Crippen molar-refractivity contribution in [2.75, 3.05) is 19.8 Å². The van der Waals surface area contributed by atoms with E-state index in [1.165, 1.54) is 6.07 Å². The number of ether oxygens (including phenoxy) is 1. The molecule has 25 heavy (non-hydrogen) atoms. The topological polar surface area (TPSA) is 68.5 Å². The summed E-state index contributed by atoms with van der Waals surface area (Å²) >= 11 is 0. The molecule has 1 unspecified atom stereocenters. The minimum Gasteiger partial charge on any atom is -0.423 e. The predicted octanol–water partition coefficient (Wildman–Crippen LogP) is 2.61. The summed E-state index contributed by atoms with van der Waals surface area (Å²) in [4.78, 5) is 14.2. The summed E-state index contributed by atoms with van der Waals surface area (Å²) in [6.07, 6.45) is -0.173. The summed E-state index contributed by atoms with van der Waals surface area (Å²) in [6.45, 7) is 4.80. The van der Waals surface area contributed by atoms with Gasteiger partial charge in [0.2, 0.25) is 17.7 Å². The van der Waals surface area contributed by atoms with Crippen LogP contribution in [-0.4, -0.2) is 40.8 Å². The minimum atomic E-state index is -0.738. The van der Waals surface area contributed by atoms with Crippen molar-refractivity contribution < 1.29 is 22.7 Å². The standard InChI is InChI=1S/C17H19F2N3O3/c1-10(2)16-20-21-17(25-16)14-9-24-6-5-22(14)15(23)7-11-3-4-12(18)8-13(11)19/h3-4,8,10,14H,5-7,9H2,1-2H3. The highest BCUT2D eigenvalue weighted by atomic mass is 19.1. The highest BCUT2D eigenvalue weighted by Gasteiger charge is 2.33. The molecule has 1 fully saturated rings. The summed E-state index contributed by atoms with van der Waals surface area (Å²) in [5.41, 5.74) is 0.144. The normalized spacial score (nSPS) is 18.0. The van der Waals surface area contributed by atoms with E-state index in [0.29, 0.717) is 24.9 Å². The second-order valence-electron chi connectivity index (χ2n) is 6.22. The molecule has 1 aromatic carbocycles. The highest BCUT2D eigenvalue weighted by Crippen LogP contribution is 2.26. The molecular formula is C17H19F2N3O3. The third-order valence-corrected chi connectivity index (χ3v) is 4.04. The van der Waals surface area contributed by atoms with E-state index in [2.05, 4.69) is 10.2 Å². The molecule has 1 saturated heterocycles. The Morgan fingerprint density at radius 3 is 2.84 bits per heavy atom. The fourth-order valence-electron chi connectivity index (χ4n) is 2.65. The van der Waals surface area contributed by atoms with Crippen LogP contribution in [-0.2, 0) is 16.0 Å². The maximum absolute atomic E-state index is 13.8. The van der Waals surface area contributed by atoms with Crippen LogP contribution in [0.15, 0.2) is 22.6 Å². The molecule has 0 saturated carbocycles. The van der Waals surface area contributed by atoms with Gasteiger partial charge in [-0.25, -0.2) is 8.78 Å². The van der Waals surface area contributed by atoms with Gasteiger partial charge in [-0.3, -0.25) is 4.79 Å². The molecule has 3 rings (SSSR count). The third-order valence-electron chi connectivity index (χ3n) is 4.04. The Labute approximate surface area is 143 Å². The number of carbonyl (C=O) groups is 1. The minimum absolute atomic E-state index is 0.0724. The number of hydrogen-bond donors (Lipinski definition) is 0. The first-order chi connectivity index (χ1) is 12.0. The van der Waals surface area contributed by atoms with E-state index in [-0.39, 0.29) is 30.4 Å². The van der Waals surface area contributed by atoms with Gasteiger partial charge in [0.1, 0.15) is 17.7 Å². The Hall–Kier alpha value is -2.35. The van der Waals surface area contributed by atoms with Gasteiger partial charge in [-0.15, -0.1) is 10.2 Å². The summed E-state index contributed by atoms with van der Waals surface area (Å²) < 4.78 is 37.9. The van der Waals surface area contributed by atoms with Crippen molar-refractivity contribution in [3.8, 4) is 0 Å². The molecule has 1 atom stereocenters. The molecular weight excluding hydrogens is 332 g/mol. The largest absolute Gasteiger partial charge is 0.423 e. The summed E-state index contributed by atoms with van der Waals surface area (Å²) in [5, 5.41) is 8.00. The molecule has 1 aromatic heterocycles. The fourth-order valence-corrected chi connectivity index (χ4v) is 2.65. The number of hydrogen-bond acceptors (Lipinski definition) is 5. The molecule has 0 radical (unpaired) electrons. The van der Waals surface area contributed by atoms with Crippen molar-refractivity contribution in [3.63, 3.8) is 0 Å². The molecule has 6 nitrogen and oxygen atoms in total. The van der Waals surface area contributed by atoms with E-state index in [1.54, 1.807) is 4.90 Å². The number of morpholine rings is 1. The lowest BCUT2D eigenvalue weighted by Crippen LogP contribution is -2.44. The Kier molecular flexibility index (Phi) is 5.08. The summed E-state index contributed by atoms with van der Waals surface area (Å²) in [5.74, 6) is -0.858. The van der Waals surface area contributed by atoms with Crippen LogP contribution in [0.1, 0.15) is 43.2 Å². The maximum atomic E-state index is 13.8. The number of amides is 1. The number of rotatable bonds is 4. The molecule has 1 aliphatic rings. The van der Waals surface area contributed by atoms with Crippen LogP contribution in [0.3, 0.4) is 0 Å². The second kappa shape index (κ2) is 7.26. The zero-order chi connectivity index (χ0) is 18.0. The van der Waals surface area contributed by atoms with Crippen molar-refractivity contribution in [2.45, 2.75) is 32.2 Å². The van der Waals surface area contributed by atoms with Crippen LogP contribution in [0.5, 0.6) is 0 Å². The maximum Gasteiger partial charge on any atom is 0.241 e. The highest BCUT2D eigenvalue weighted by molar-refractivity contribution is 5.79. The number of aromatic nitrogens is 2. The van der Waals surface area contributed by atoms with Gasteiger partial charge in [0.15, 0.2) is 0 Å². The molecule has 2 heterocycles. The lowest BCUT2D eigenvalue weighted by atomic mass is 10.1. The Bertz CT molecular complexity index is 763. The third kappa shape index (κ3) is 3.84. The number of halogens is 2. The van der Waals surface area contributed by atoms with Crippen LogP contribution >= 0.6 is 0 Å². The Morgan fingerprint density at radius 2 is 2.16 bits per heavy atom. The van der Waals surface area contributed by atoms with Crippen LogP contribution < -0.4 is 0 Å². The lowest BCUT2D eigenvalue weighted by molar-refractivity contribution is -0.140. The van der Waals surface area contributed by atoms with Crippen LogP contribution in [0.4, 0.5) is 8.78 Å². The SMILES string of the molecule is CC(C)c1nnc(C2COCCN2C(=O)Cc2ccc(F)cc2F)o1. The molecule has 0 spiro atoms. The second-order valence-corrected chi connectivity index (χ2v) is 6.22. The number of carbonyl (C=O) groups excluding carboxylic acids is 1. The van der Waals surface area contributed by atoms with Gasteiger partial charge in [-0.2, -0.15) is 0 Å². The van der Waals surface area contributed by atoms with Crippen LogP contribution in [0.2, 0.25) is 0 Å². The van der Waals surface area contributed by atoms with Gasteiger partial charge in [-0.05, 0) is 11.6 Å². The summed E-state index contributed by atoms with van der Waals surface area (Å²) in [6, 6.07) is 2.67. The van der Waals surface area contributed by atoms with Crippen molar-refractivity contribution in [3.05, 3.63) is 47.2 Å². The van der Waals surface area contributed by atoms with Crippen molar-refractivity contribution in [1.29, 1.82) is 0 Å². The van der Waals surface area contributed by atoms with E-state index < -0.39 is 17.7 Å². The molecule has 134 valence electrons. The van der Waals surface area contributed by atoms with Crippen molar-refractivity contribution in [2.24, 2.45) is 0 Å². The lowest BCUT2D eigenvalue weighted by Gasteiger charge is -2.33. The van der Waals surface area contributed by atoms with Gasteiger partial charge in [-0.1, -0.05) is 19.9 Å². The predicted molar refractivity (Wildman–Crippen MR) is 83.7 cm³/mol. The van der Waals surface area contributed by atoms with E-state index in [0.717, 1.165) is 12.1 Å². The molecule has 0 aliphatic carbocycles. The van der Waals surface area contributed by atoms with Gasteiger partial charge in [0.25, 0.3) is 0 Å². The average Bonchev–Trinajstić information content (AvgIpc) is 3.07. The zero-order valence-corrected chi connectivity index (χ0v) is 14.0. The summed E-state index contributed by atoms with van der Waals surface area (Å²) in [7, 11) is 0. The van der Waals surface area contributed by atoms with E-state index >= 15 is 0 Å². The van der Waals surface area contributed by atoms with E-state index in [1.807, 2.05) is 13.8 Å². The zero-order valence-electron chi connectivity index (χ0n) is 14.0. The first kappa shape index (κ1) is 17.5. The van der Waals surface area contributed by atoms with E-state index in [9.17, 15) is 13.6 Å². The first-order valence-corrected chi connectivity index (χ1v) is 8.10. The smallest absolute Gasteiger partial charge is 0.241 e. The molecule has 0 N–H and O–H groups in total. The van der Waals surface area contributed by atoms with E-state index in [4.69, 9.17) is 9.15 Å². The Balaban J connectivity index is 1.78. The van der Waals surface area contributed by atoms with Crippen LogP contribution in [0, 0.1) is 11.6 Å². The quantitative estimate of drug-likeness (QED) is 0.847. The molecule has 1 aliphatic heterocycles. The van der Waals surface area contributed by atoms with Crippen molar-refractivity contribution >= 4 is 5.91 Å². The first-order valence-electron chi connectivity index (χ1n) is 8.10.